The maximum absolute atomic E-state index is 11.9. The average Bonchev–Trinajstić information content (AvgIpc) is 2.31. The molecule has 0 aromatic heterocycles. The third-order valence-corrected chi connectivity index (χ3v) is 2.46. The molecule has 6 heteroatoms. The summed E-state index contributed by atoms with van der Waals surface area (Å²) >= 11 is 0. The van der Waals surface area contributed by atoms with Crippen LogP contribution in [0.4, 0.5) is 0 Å². The number of esters is 2. The fourth-order valence-corrected chi connectivity index (χ4v) is 1.47. The smallest absolute Gasteiger partial charge is 0.328 e. The number of hydrogen-bond acceptors (Lipinski definition) is 6. The molecular formula is C11H18O6. The Labute approximate surface area is 100 Å². The molecule has 0 aliphatic carbocycles. The molecule has 0 atom stereocenters. The van der Waals surface area contributed by atoms with Gasteiger partial charge >= 0.3 is 11.9 Å². The van der Waals surface area contributed by atoms with E-state index < -0.39 is 23.6 Å². The second-order valence-electron chi connectivity index (χ2n) is 3.71. The minimum atomic E-state index is -1.49. The Balaban J connectivity index is 2.84. The molecule has 0 N–H and O–H groups in total. The first-order chi connectivity index (χ1) is 8.06. The fraction of sp³-hybridized carbons (Fsp3) is 0.818. The van der Waals surface area contributed by atoms with Crippen LogP contribution in [0.5, 0.6) is 0 Å². The highest BCUT2D eigenvalue weighted by molar-refractivity contribution is 6.00. The van der Waals surface area contributed by atoms with Gasteiger partial charge in [-0.3, -0.25) is 9.59 Å². The number of carbonyl (C=O) groups is 2. The van der Waals surface area contributed by atoms with Crippen molar-refractivity contribution < 1.29 is 28.5 Å². The van der Waals surface area contributed by atoms with Gasteiger partial charge in [0.05, 0.1) is 26.4 Å². The fourth-order valence-electron chi connectivity index (χ4n) is 1.47. The summed E-state index contributed by atoms with van der Waals surface area (Å²) in [4.78, 5) is 23.7. The molecular weight excluding hydrogens is 228 g/mol. The molecule has 1 fully saturated rings. The predicted molar refractivity (Wildman–Crippen MR) is 57.1 cm³/mol. The predicted octanol–water partition coefficient (Wildman–Crippen LogP) is 0.492. The minimum Gasteiger partial charge on any atom is -0.465 e. The molecule has 6 nitrogen and oxygen atoms in total. The van der Waals surface area contributed by atoms with Gasteiger partial charge in [-0.2, -0.15) is 0 Å². The van der Waals surface area contributed by atoms with Crippen molar-refractivity contribution in [2.45, 2.75) is 27.1 Å². The number of carbonyl (C=O) groups excluding carboxylic acids is 2. The quantitative estimate of drug-likeness (QED) is 0.531. The summed E-state index contributed by atoms with van der Waals surface area (Å²) in [5.74, 6) is -1.32. The molecule has 1 aliphatic rings. The first-order valence-corrected chi connectivity index (χ1v) is 5.64. The van der Waals surface area contributed by atoms with Crippen molar-refractivity contribution in [2.75, 3.05) is 26.4 Å². The van der Waals surface area contributed by atoms with Crippen molar-refractivity contribution >= 4 is 11.9 Å². The van der Waals surface area contributed by atoms with Crippen molar-refractivity contribution in [3.05, 3.63) is 0 Å². The number of rotatable bonds is 4. The van der Waals surface area contributed by atoms with Crippen molar-refractivity contribution in [3.8, 4) is 0 Å². The van der Waals surface area contributed by atoms with E-state index in [-0.39, 0.29) is 26.4 Å². The number of ether oxygens (including phenoxy) is 4. The Hall–Kier alpha value is -1.14. The molecule has 1 aliphatic heterocycles. The van der Waals surface area contributed by atoms with Crippen molar-refractivity contribution in [1.29, 1.82) is 0 Å². The van der Waals surface area contributed by atoms with E-state index in [0.717, 1.165) is 0 Å². The lowest BCUT2D eigenvalue weighted by atomic mass is 9.89. The van der Waals surface area contributed by atoms with Gasteiger partial charge in [0.2, 0.25) is 5.41 Å². The van der Waals surface area contributed by atoms with Crippen molar-refractivity contribution in [1.82, 2.24) is 0 Å². The monoisotopic (exact) mass is 246 g/mol. The van der Waals surface area contributed by atoms with E-state index in [1.807, 2.05) is 0 Å². The molecule has 0 radical (unpaired) electrons. The molecule has 0 saturated carbocycles. The Morgan fingerprint density at radius 3 is 1.88 bits per heavy atom. The van der Waals surface area contributed by atoms with E-state index in [9.17, 15) is 9.59 Å². The molecule has 1 saturated heterocycles. The molecule has 0 bridgehead atoms. The van der Waals surface area contributed by atoms with Gasteiger partial charge in [0.1, 0.15) is 0 Å². The molecule has 1 heterocycles. The van der Waals surface area contributed by atoms with E-state index in [2.05, 4.69) is 0 Å². The second-order valence-corrected chi connectivity index (χ2v) is 3.71. The standard InChI is InChI=1S/C11H18O6/c1-4-14-9(12)11(10(13)15-5-2)6-16-8(3)17-7-11/h8H,4-7H2,1-3H3. The van der Waals surface area contributed by atoms with Crippen LogP contribution < -0.4 is 0 Å². The van der Waals surface area contributed by atoms with Gasteiger partial charge in [-0.05, 0) is 20.8 Å². The minimum absolute atomic E-state index is 0.0775. The molecule has 0 aromatic carbocycles. The zero-order valence-corrected chi connectivity index (χ0v) is 10.4. The summed E-state index contributed by atoms with van der Waals surface area (Å²) in [5.41, 5.74) is -1.49. The normalized spacial score (nSPS) is 19.7. The lowest BCUT2D eigenvalue weighted by Crippen LogP contribution is -2.53. The Kier molecular flexibility index (Phi) is 4.89. The highest BCUT2D eigenvalue weighted by Crippen LogP contribution is 2.28. The van der Waals surface area contributed by atoms with Crippen LogP contribution in [0.25, 0.3) is 0 Å². The van der Waals surface area contributed by atoms with Crippen molar-refractivity contribution in [2.24, 2.45) is 5.41 Å². The molecule has 0 amide bonds. The highest BCUT2D eigenvalue weighted by Gasteiger charge is 2.52. The van der Waals surface area contributed by atoms with Gasteiger partial charge in [-0.25, -0.2) is 0 Å². The van der Waals surface area contributed by atoms with Crippen LogP contribution in [0.15, 0.2) is 0 Å². The second kappa shape index (κ2) is 5.97. The van der Waals surface area contributed by atoms with Crippen LogP contribution in [0.2, 0.25) is 0 Å². The zero-order chi connectivity index (χ0) is 12.9. The average molecular weight is 246 g/mol. The van der Waals surface area contributed by atoms with E-state index in [1.54, 1.807) is 20.8 Å². The molecule has 17 heavy (non-hydrogen) atoms. The maximum atomic E-state index is 11.9. The number of hydrogen-bond donors (Lipinski definition) is 0. The van der Waals surface area contributed by atoms with Crippen LogP contribution in [-0.2, 0) is 28.5 Å². The maximum Gasteiger partial charge on any atom is 0.328 e. The van der Waals surface area contributed by atoms with Gasteiger partial charge in [0, 0.05) is 0 Å². The summed E-state index contributed by atoms with van der Waals surface area (Å²) in [6, 6.07) is 0. The summed E-state index contributed by atoms with van der Waals surface area (Å²) in [6.45, 7) is 5.26. The Morgan fingerprint density at radius 1 is 1.12 bits per heavy atom. The van der Waals surface area contributed by atoms with Gasteiger partial charge in [0.15, 0.2) is 6.29 Å². The third kappa shape index (κ3) is 2.95. The van der Waals surface area contributed by atoms with E-state index in [4.69, 9.17) is 18.9 Å². The summed E-state index contributed by atoms with van der Waals surface area (Å²) in [7, 11) is 0. The topological polar surface area (TPSA) is 71.1 Å². The summed E-state index contributed by atoms with van der Waals surface area (Å²) < 4.78 is 20.2. The van der Waals surface area contributed by atoms with Gasteiger partial charge < -0.3 is 18.9 Å². The van der Waals surface area contributed by atoms with Gasteiger partial charge in [-0.1, -0.05) is 0 Å². The van der Waals surface area contributed by atoms with Crippen molar-refractivity contribution in [3.63, 3.8) is 0 Å². The summed E-state index contributed by atoms with van der Waals surface area (Å²) in [6.07, 6.45) is -0.438. The van der Waals surface area contributed by atoms with Crippen LogP contribution >= 0.6 is 0 Å². The van der Waals surface area contributed by atoms with Crippen LogP contribution in [0.1, 0.15) is 20.8 Å². The first-order valence-electron chi connectivity index (χ1n) is 5.64. The van der Waals surface area contributed by atoms with Gasteiger partial charge in [-0.15, -0.1) is 0 Å². The molecule has 0 unspecified atom stereocenters. The Bertz CT molecular complexity index is 260. The third-order valence-electron chi connectivity index (χ3n) is 2.46. The molecule has 0 aromatic rings. The molecule has 0 spiro atoms. The summed E-state index contributed by atoms with van der Waals surface area (Å²) in [5, 5.41) is 0. The molecule has 98 valence electrons. The highest BCUT2D eigenvalue weighted by atomic mass is 16.7. The lowest BCUT2D eigenvalue weighted by Gasteiger charge is -2.34. The zero-order valence-electron chi connectivity index (χ0n) is 10.4. The van der Waals surface area contributed by atoms with E-state index >= 15 is 0 Å². The Morgan fingerprint density at radius 2 is 1.53 bits per heavy atom. The SMILES string of the molecule is CCOC(=O)C1(C(=O)OCC)COC(C)OC1. The van der Waals surface area contributed by atoms with Crippen LogP contribution in [0.3, 0.4) is 0 Å². The van der Waals surface area contributed by atoms with Crippen LogP contribution in [0, 0.1) is 5.41 Å². The van der Waals surface area contributed by atoms with Crippen LogP contribution in [-0.4, -0.2) is 44.7 Å². The largest absolute Gasteiger partial charge is 0.465 e. The lowest BCUT2D eigenvalue weighted by molar-refractivity contribution is -0.234. The van der Waals surface area contributed by atoms with Gasteiger partial charge in [0.25, 0.3) is 0 Å². The molecule has 1 rings (SSSR count). The first kappa shape index (κ1) is 13.9. The van der Waals surface area contributed by atoms with E-state index in [0.29, 0.717) is 0 Å². The van der Waals surface area contributed by atoms with E-state index in [1.165, 1.54) is 0 Å².